The third kappa shape index (κ3) is 3.81. The van der Waals surface area contributed by atoms with Gasteiger partial charge >= 0.3 is 0 Å². The number of aryl methyl sites for hydroxylation is 1. The van der Waals surface area contributed by atoms with E-state index in [1.165, 1.54) is 25.3 Å². The molecule has 0 aliphatic heterocycles. The largest absolute Gasteiger partial charge is 0.495 e. The van der Waals surface area contributed by atoms with Crippen LogP contribution < -0.4 is 9.46 Å². The van der Waals surface area contributed by atoms with Gasteiger partial charge in [-0.2, -0.15) is 4.98 Å². The summed E-state index contributed by atoms with van der Waals surface area (Å²) in [5.41, 5.74) is 0.395. The Bertz CT molecular complexity index is 998. The minimum absolute atomic E-state index is 0.0697. The van der Waals surface area contributed by atoms with Crippen LogP contribution in [0.5, 0.6) is 5.75 Å². The van der Waals surface area contributed by atoms with Crippen molar-refractivity contribution in [3.63, 3.8) is 0 Å². The Labute approximate surface area is 148 Å². The molecule has 25 heavy (non-hydrogen) atoms. The van der Waals surface area contributed by atoms with E-state index in [4.69, 9.17) is 25.4 Å². The summed E-state index contributed by atoms with van der Waals surface area (Å²) in [5.74, 6) is 1.03. The molecule has 3 aromatic rings. The van der Waals surface area contributed by atoms with E-state index in [0.29, 0.717) is 11.5 Å². The van der Waals surface area contributed by atoms with Crippen molar-refractivity contribution >= 4 is 21.6 Å². The maximum atomic E-state index is 12.5. The molecule has 0 fully saturated rings. The number of ether oxygens (including phenoxy) is 1. The van der Waals surface area contributed by atoms with Crippen LogP contribution in [0.1, 0.15) is 11.7 Å². The van der Waals surface area contributed by atoms with Crippen molar-refractivity contribution in [1.29, 1.82) is 0 Å². The van der Waals surface area contributed by atoms with E-state index in [1.54, 1.807) is 13.0 Å². The van der Waals surface area contributed by atoms with Gasteiger partial charge in [0.15, 0.2) is 5.69 Å². The molecule has 9 nitrogen and oxygen atoms in total. The zero-order valence-corrected chi connectivity index (χ0v) is 14.8. The molecule has 2 heterocycles. The van der Waals surface area contributed by atoms with Crippen molar-refractivity contribution in [1.82, 2.24) is 20.0 Å². The predicted octanol–water partition coefficient (Wildman–Crippen LogP) is 2.17. The Kier molecular flexibility index (Phi) is 4.75. The molecule has 0 spiro atoms. The van der Waals surface area contributed by atoms with Gasteiger partial charge in [0.25, 0.3) is 0 Å². The molecular weight excluding hydrogens is 372 g/mol. The van der Waals surface area contributed by atoms with Crippen LogP contribution >= 0.6 is 11.6 Å². The Morgan fingerprint density at radius 2 is 2.04 bits per heavy atom. The molecule has 3 rings (SSSR count). The maximum Gasteiger partial charge on any atom is 0.244 e. The summed E-state index contributed by atoms with van der Waals surface area (Å²) >= 11 is 5.87. The summed E-state index contributed by atoms with van der Waals surface area (Å²) in [5, 5.41) is 7.76. The second-order valence-corrected chi connectivity index (χ2v) is 7.13. The third-order valence-corrected chi connectivity index (χ3v) is 4.81. The van der Waals surface area contributed by atoms with Gasteiger partial charge in [-0.3, -0.25) is 0 Å². The van der Waals surface area contributed by atoms with Gasteiger partial charge in [0.05, 0.1) is 13.7 Å². The van der Waals surface area contributed by atoms with Crippen LogP contribution in [0.15, 0.2) is 38.2 Å². The molecule has 0 bridgehead atoms. The van der Waals surface area contributed by atoms with E-state index in [2.05, 4.69) is 20.0 Å². The summed E-state index contributed by atoms with van der Waals surface area (Å²) < 4.78 is 42.3. The number of methoxy groups -OCH3 is 1. The average molecular weight is 385 g/mol. The van der Waals surface area contributed by atoms with Gasteiger partial charge in [-0.25, -0.2) is 13.1 Å². The lowest BCUT2D eigenvalue weighted by Crippen LogP contribution is -2.24. The van der Waals surface area contributed by atoms with Gasteiger partial charge in [-0.1, -0.05) is 21.9 Å². The zero-order valence-electron chi connectivity index (χ0n) is 13.2. The number of benzene rings is 1. The summed E-state index contributed by atoms with van der Waals surface area (Å²) in [4.78, 5) is 3.98. The fourth-order valence-corrected chi connectivity index (χ4v) is 3.40. The van der Waals surface area contributed by atoms with Gasteiger partial charge in [0, 0.05) is 11.1 Å². The summed E-state index contributed by atoms with van der Waals surface area (Å²) in [7, 11) is -2.53. The van der Waals surface area contributed by atoms with E-state index in [1.807, 2.05) is 0 Å². The van der Waals surface area contributed by atoms with Crippen LogP contribution in [-0.2, 0) is 16.6 Å². The summed E-state index contributed by atoms with van der Waals surface area (Å²) in [6, 6.07) is 5.92. The highest BCUT2D eigenvalue weighted by molar-refractivity contribution is 7.89. The number of sulfonamides is 1. The van der Waals surface area contributed by atoms with Crippen LogP contribution in [0.25, 0.3) is 11.5 Å². The molecule has 0 unspecified atom stereocenters. The monoisotopic (exact) mass is 384 g/mol. The number of rotatable bonds is 6. The fraction of sp³-hybridized carbons (Fsp3) is 0.214. The van der Waals surface area contributed by atoms with E-state index in [0.717, 1.165) is 0 Å². The van der Waals surface area contributed by atoms with Crippen molar-refractivity contribution in [2.24, 2.45) is 0 Å². The zero-order chi connectivity index (χ0) is 18.0. The molecule has 2 aromatic heterocycles. The van der Waals surface area contributed by atoms with Crippen molar-refractivity contribution < 1.29 is 22.2 Å². The Morgan fingerprint density at radius 1 is 1.24 bits per heavy atom. The average Bonchev–Trinajstić information content (AvgIpc) is 3.22. The molecule has 0 saturated carbocycles. The number of hydrogen-bond acceptors (Lipinski definition) is 8. The van der Waals surface area contributed by atoms with Crippen LogP contribution in [0, 0.1) is 6.92 Å². The number of aromatic nitrogens is 3. The molecule has 0 aliphatic carbocycles. The maximum absolute atomic E-state index is 12.5. The normalized spacial score (nSPS) is 11.6. The van der Waals surface area contributed by atoms with Gasteiger partial charge in [-0.15, -0.1) is 0 Å². The van der Waals surface area contributed by atoms with Crippen LogP contribution in [-0.4, -0.2) is 30.8 Å². The van der Waals surface area contributed by atoms with E-state index in [9.17, 15) is 8.42 Å². The summed E-state index contributed by atoms with van der Waals surface area (Å²) in [6.45, 7) is 1.52. The number of nitrogens with zero attached hydrogens (tertiary/aromatic N) is 3. The van der Waals surface area contributed by atoms with E-state index in [-0.39, 0.29) is 33.9 Å². The first kappa shape index (κ1) is 17.4. The second kappa shape index (κ2) is 6.82. The molecule has 132 valence electrons. The van der Waals surface area contributed by atoms with E-state index >= 15 is 0 Å². The molecule has 0 amide bonds. The summed E-state index contributed by atoms with van der Waals surface area (Å²) in [6.07, 6.45) is 0. The molecule has 1 aromatic carbocycles. The lowest BCUT2D eigenvalue weighted by molar-refractivity contribution is 0.373. The first-order chi connectivity index (χ1) is 11.9. The van der Waals surface area contributed by atoms with Crippen molar-refractivity contribution in [2.75, 3.05) is 7.11 Å². The highest BCUT2D eigenvalue weighted by Crippen LogP contribution is 2.27. The minimum Gasteiger partial charge on any atom is -0.495 e. The predicted molar refractivity (Wildman–Crippen MR) is 86.6 cm³/mol. The molecule has 11 heteroatoms. The molecule has 0 radical (unpaired) electrons. The molecule has 0 saturated heterocycles. The van der Waals surface area contributed by atoms with E-state index < -0.39 is 10.0 Å². The van der Waals surface area contributed by atoms with Gasteiger partial charge in [-0.05, 0) is 25.1 Å². The Morgan fingerprint density at radius 3 is 2.72 bits per heavy atom. The van der Waals surface area contributed by atoms with Gasteiger partial charge < -0.3 is 13.8 Å². The van der Waals surface area contributed by atoms with Crippen molar-refractivity contribution in [3.8, 4) is 17.3 Å². The lowest BCUT2D eigenvalue weighted by atomic mass is 10.3. The highest BCUT2D eigenvalue weighted by Gasteiger charge is 2.21. The van der Waals surface area contributed by atoms with Crippen LogP contribution in [0.4, 0.5) is 0 Å². The molecular formula is C14H13ClN4O5S. The fourth-order valence-electron chi connectivity index (χ4n) is 2.00. The Hall–Kier alpha value is -2.43. The molecule has 0 atom stereocenters. The first-order valence-electron chi connectivity index (χ1n) is 6.98. The minimum atomic E-state index is -3.90. The first-order valence-corrected chi connectivity index (χ1v) is 8.84. The standard InChI is InChI=1S/C14H13ClN4O5S/c1-8-5-10(18-23-8)14-17-13(24-19-14)7-16-25(20,21)12-6-9(15)3-4-11(12)22-2/h3-6,16H,7H2,1-2H3. The van der Waals surface area contributed by atoms with Gasteiger partial charge in [0.1, 0.15) is 16.4 Å². The second-order valence-electron chi connectivity index (χ2n) is 4.95. The topological polar surface area (TPSA) is 120 Å². The Balaban J connectivity index is 1.77. The lowest BCUT2D eigenvalue weighted by Gasteiger charge is -2.09. The van der Waals surface area contributed by atoms with Crippen molar-refractivity contribution in [3.05, 3.63) is 40.9 Å². The molecule has 1 N–H and O–H groups in total. The van der Waals surface area contributed by atoms with Crippen LogP contribution in [0.3, 0.4) is 0 Å². The third-order valence-electron chi connectivity index (χ3n) is 3.15. The van der Waals surface area contributed by atoms with Crippen LogP contribution in [0.2, 0.25) is 5.02 Å². The van der Waals surface area contributed by atoms with Gasteiger partial charge in [0.2, 0.25) is 21.7 Å². The quantitative estimate of drug-likeness (QED) is 0.686. The highest BCUT2D eigenvalue weighted by atomic mass is 35.5. The number of nitrogens with one attached hydrogen (secondary N) is 1. The number of halogens is 1. The molecule has 0 aliphatic rings. The SMILES string of the molecule is COc1ccc(Cl)cc1S(=O)(=O)NCc1nc(-c2cc(C)on2)no1. The van der Waals surface area contributed by atoms with Crippen molar-refractivity contribution in [2.45, 2.75) is 18.4 Å². The number of hydrogen-bond donors (Lipinski definition) is 1. The smallest absolute Gasteiger partial charge is 0.244 e.